The molecule has 31 heavy (non-hydrogen) atoms. The van der Waals surface area contributed by atoms with Gasteiger partial charge >= 0.3 is 0 Å². The van der Waals surface area contributed by atoms with Gasteiger partial charge in [-0.15, -0.1) is 0 Å². The van der Waals surface area contributed by atoms with Crippen molar-refractivity contribution >= 4 is 23.3 Å². The van der Waals surface area contributed by atoms with Gasteiger partial charge in [0, 0.05) is 30.4 Å². The lowest BCUT2D eigenvalue weighted by Gasteiger charge is -2.33. The summed E-state index contributed by atoms with van der Waals surface area (Å²) in [6, 6.07) is 19.0. The summed E-state index contributed by atoms with van der Waals surface area (Å²) in [5, 5.41) is 2.94. The maximum atomic E-state index is 13.2. The number of amides is 2. The summed E-state index contributed by atoms with van der Waals surface area (Å²) in [5.41, 5.74) is 3.79. The fraction of sp³-hybridized carbons (Fsp3) is 0.240. The van der Waals surface area contributed by atoms with E-state index in [-0.39, 0.29) is 11.8 Å². The zero-order valence-electron chi connectivity index (χ0n) is 17.7. The lowest BCUT2D eigenvalue weighted by atomic mass is 10.1. The number of hydrogen-bond acceptors (Lipinski definition) is 4. The largest absolute Gasteiger partial charge is 0.472 e. The first kappa shape index (κ1) is 20.6. The van der Waals surface area contributed by atoms with Gasteiger partial charge in [-0.2, -0.15) is 0 Å². The number of carbonyl (C=O) groups excluding carboxylic acids is 2. The third kappa shape index (κ3) is 4.74. The summed E-state index contributed by atoms with van der Waals surface area (Å²) in [5.74, 6) is 0.809. The molecule has 0 bridgehead atoms. The van der Waals surface area contributed by atoms with Crippen molar-refractivity contribution < 1.29 is 14.3 Å². The lowest BCUT2D eigenvalue weighted by Crippen LogP contribution is -2.42. The molecule has 1 aliphatic heterocycles. The Labute approximate surface area is 181 Å². The van der Waals surface area contributed by atoms with Crippen molar-refractivity contribution in [3.05, 3.63) is 83.6 Å². The number of aryl methyl sites for hydroxylation is 2. The number of ether oxygens (including phenoxy) is 1. The maximum Gasteiger partial charge on any atom is 0.274 e. The van der Waals surface area contributed by atoms with Crippen molar-refractivity contribution in [3.8, 4) is 5.75 Å². The first-order valence-electron chi connectivity index (χ1n) is 10.4. The molecule has 0 spiro atoms. The summed E-state index contributed by atoms with van der Waals surface area (Å²) < 4.78 is 5.96. The van der Waals surface area contributed by atoms with E-state index in [9.17, 15) is 9.59 Å². The van der Waals surface area contributed by atoms with Crippen LogP contribution in [0.25, 0.3) is 0 Å². The monoisotopic (exact) mass is 415 g/mol. The topological polar surface area (TPSA) is 71.5 Å². The number of hydrogen-bond donors (Lipinski definition) is 1. The molecule has 0 aliphatic carbocycles. The summed E-state index contributed by atoms with van der Waals surface area (Å²) in [4.78, 5) is 31.6. The van der Waals surface area contributed by atoms with Gasteiger partial charge in [-0.25, -0.2) is 4.98 Å². The molecule has 3 aromatic rings. The average Bonchev–Trinajstić information content (AvgIpc) is 2.75. The maximum absolute atomic E-state index is 13.2. The second kappa shape index (κ2) is 9.00. The first-order valence-corrected chi connectivity index (χ1v) is 10.4. The van der Waals surface area contributed by atoms with Gasteiger partial charge in [-0.3, -0.25) is 14.5 Å². The first-order chi connectivity index (χ1) is 15.0. The minimum Gasteiger partial charge on any atom is -0.472 e. The third-order valence-corrected chi connectivity index (χ3v) is 5.14. The zero-order valence-corrected chi connectivity index (χ0v) is 17.7. The van der Waals surface area contributed by atoms with Gasteiger partial charge in [-0.1, -0.05) is 36.4 Å². The SMILES string of the molecule is Cc1cc(C)cc(NC(=O)CCCN2C(=O)[C@@H](c3ccccc3)Oc3cccnc32)c1. The van der Waals surface area contributed by atoms with E-state index in [1.807, 2.05) is 62.4 Å². The molecule has 0 saturated carbocycles. The van der Waals surface area contributed by atoms with Crippen LogP contribution in [0.15, 0.2) is 66.9 Å². The molecule has 0 saturated heterocycles. The summed E-state index contributed by atoms with van der Waals surface area (Å²) >= 11 is 0. The van der Waals surface area contributed by atoms with Gasteiger partial charge in [0.1, 0.15) is 0 Å². The number of benzene rings is 2. The summed E-state index contributed by atoms with van der Waals surface area (Å²) in [6.45, 7) is 4.39. The second-order valence-electron chi connectivity index (χ2n) is 7.75. The summed E-state index contributed by atoms with van der Waals surface area (Å²) in [7, 11) is 0. The van der Waals surface area contributed by atoms with E-state index >= 15 is 0 Å². The van der Waals surface area contributed by atoms with Gasteiger partial charge in [0.15, 0.2) is 11.6 Å². The van der Waals surface area contributed by atoms with Crippen molar-refractivity contribution in [2.45, 2.75) is 32.8 Å². The fourth-order valence-electron chi connectivity index (χ4n) is 3.82. The molecule has 1 aliphatic rings. The highest BCUT2D eigenvalue weighted by atomic mass is 16.5. The van der Waals surface area contributed by atoms with Crippen molar-refractivity contribution in [2.75, 3.05) is 16.8 Å². The molecular formula is C25H25N3O3. The van der Waals surface area contributed by atoms with E-state index in [0.29, 0.717) is 31.0 Å². The normalized spacial score (nSPS) is 15.2. The van der Waals surface area contributed by atoms with Crippen LogP contribution >= 0.6 is 0 Å². The van der Waals surface area contributed by atoms with Crippen LogP contribution in [0.4, 0.5) is 11.5 Å². The number of pyridine rings is 1. The predicted molar refractivity (Wildman–Crippen MR) is 120 cm³/mol. The number of fused-ring (bicyclic) bond motifs is 1. The van der Waals surface area contributed by atoms with E-state index < -0.39 is 6.10 Å². The van der Waals surface area contributed by atoms with Crippen molar-refractivity contribution in [1.82, 2.24) is 4.98 Å². The fourth-order valence-corrected chi connectivity index (χ4v) is 3.82. The minimum atomic E-state index is -0.720. The van der Waals surface area contributed by atoms with Gasteiger partial charge in [0.05, 0.1) is 0 Å². The van der Waals surface area contributed by atoms with E-state index in [2.05, 4.69) is 16.4 Å². The third-order valence-electron chi connectivity index (χ3n) is 5.14. The Bertz CT molecular complexity index is 1080. The molecule has 1 N–H and O–H groups in total. The van der Waals surface area contributed by atoms with Crippen molar-refractivity contribution in [1.29, 1.82) is 0 Å². The van der Waals surface area contributed by atoms with Crippen LogP contribution in [0.1, 0.15) is 35.6 Å². The van der Waals surface area contributed by atoms with Crippen molar-refractivity contribution in [3.63, 3.8) is 0 Å². The molecule has 0 unspecified atom stereocenters. The number of anilines is 2. The zero-order chi connectivity index (χ0) is 21.8. The Morgan fingerprint density at radius 3 is 2.55 bits per heavy atom. The highest BCUT2D eigenvalue weighted by Gasteiger charge is 2.36. The van der Waals surface area contributed by atoms with Crippen LogP contribution in [-0.4, -0.2) is 23.3 Å². The van der Waals surface area contributed by atoms with Crippen LogP contribution in [0.2, 0.25) is 0 Å². The lowest BCUT2D eigenvalue weighted by molar-refractivity contribution is -0.127. The molecule has 2 amide bonds. The van der Waals surface area contributed by atoms with Crippen molar-refractivity contribution in [2.24, 2.45) is 0 Å². The number of rotatable bonds is 6. The van der Waals surface area contributed by atoms with Crippen LogP contribution in [-0.2, 0) is 9.59 Å². The predicted octanol–water partition coefficient (Wildman–Crippen LogP) is 4.58. The molecule has 6 nitrogen and oxygen atoms in total. The Morgan fingerprint density at radius 1 is 1.06 bits per heavy atom. The van der Waals surface area contributed by atoms with Crippen LogP contribution in [0.3, 0.4) is 0 Å². The Morgan fingerprint density at radius 2 is 1.81 bits per heavy atom. The van der Waals surface area contributed by atoms with E-state index in [1.54, 1.807) is 17.2 Å². The quantitative estimate of drug-likeness (QED) is 0.639. The van der Waals surface area contributed by atoms with Crippen LogP contribution in [0, 0.1) is 13.8 Å². The Balaban J connectivity index is 1.44. The molecule has 2 heterocycles. The molecule has 6 heteroatoms. The molecular weight excluding hydrogens is 390 g/mol. The number of aromatic nitrogens is 1. The Kier molecular flexibility index (Phi) is 5.98. The average molecular weight is 415 g/mol. The molecule has 0 fully saturated rings. The Hall–Kier alpha value is -3.67. The highest BCUT2D eigenvalue weighted by Crippen LogP contribution is 2.37. The van der Waals surface area contributed by atoms with Crippen LogP contribution in [0.5, 0.6) is 5.75 Å². The molecule has 4 rings (SSSR count). The standard InChI is InChI=1S/C25H25N3O3/c1-17-14-18(2)16-20(15-17)27-22(29)11-7-13-28-24-21(10-6-12-26-24)31-23(25(28)30)19-8-4-3-5-9-19/h3-6,8-10,12,14-16,23H,7,11,13H2,1-2H3,(H,27,29)/t23-/m1/s1. The summed E-state index contributed by atoms with van der Waals surface area (Å²) in [6.07, 6.45) is 1.73. The highest BCUT2D eigenvalue weighted by molar-refractivity contribution is 5.99. The van der Waals surface area contributed by atoms with Gasteiger partial charge < -0.3 is 10.1 Å². The van der Waals surface area contributed by atoms with E-state index in [4.69, 9.17) is 4.74 Å². The second-order valence-corrected chi connectivity index (χ2v) is 7.75. The molecule has 0 radical (unpaired) electrons. The molecule has 1 aromatic heterocycles. The van der Waals surface area contributed by atoms with Gasteiger partial charge in [0.25, 0.3) is 5.91 Å². The number of nitrogens with one attached hydrogen (secondary N) is 1. The van der Waals surface area contributed by atoms with E-state index in [0.717, 1.165) is 22.4 Å². The number of carbonyl (C=O) groups is 2. The minimum absolute atomic E-state index is 0.0773. The van der Waals surface area contributed by atoms with Gasteiger partial charge in [0.2, 0.25) is 12.0 Å². The van der Waals surface area contributed by atoms with Gasteiger partial charge in [-0.05, 0) is 55.7 Å². The number of nitrogens with zero attached hydrogens (tertiary/aromatic N) is 2. The molecule has 1 atom stereocenters. The smallest absolute Gasteiger partial charge is 0.274 e. The molecule has 158 valence electrons. The molecule has 2 aromatic carbocycles. The van der Waals surface area contributed by atoms with Crippen LogP contribution < -0.4 is 15.0 Å². The van der Waals surface area contributed by atoms with E-state index in [1.165, 1.54) is 0 Å².